The van der Waals surface area contributed by atoms with Crippen molar-refractivity contribution in [2.75, 3.05) is 25.6 Å². The van der Waals surface area contributed by atoms with E-state index in [1.54, 1.807) is 4.90 Å². The van der Waals surface area contributed by atoms with Crippen LogP contribution in [-0.4, -0.2) is 36.5 Å². The molecule has 0 aromatic heterocycles. The Morgan fingerprint density at radius 3 is 3.00 bits per heavy atom. The summed E-state index contributed by atoms with van der Waals surface area (Å²) in [5, 5.41) is 0. The molecule has 1 aliphatic rings. The third-order valence-corrected chi connectivity index (χ3v) is 2.59. The van der Waals surface area contributed by atoms with E-state index in [2.05, 4.69) is 0 Å². The largest absolute Gasteiger partial charge is 0.342 e. The first kappa shape index (κ1) is 10.8. The van der Waals surface area contributed by atoms with Crippen LogP contribution in [0.25, 0.3) is 0 Å². The molecule has 0 N–H and O–H groups in total. The van der Waals surface area contributed by atoms with Crippen LogP contribution in [0.5, 0.6) is 0 Å². The maximum atomic E-state index is 12.3. The molecule has 1 amide bonds. The van der Waals surface area contributed by atoms with Gasteiger partial charge >= 0.3 is 0 Å². The number of likely N-dealkylation sites (tertiary alicyclic amines) is 1. The molecule has 0 radical (unpaired) electrons. The van der Waals surface area contributed by atoms with Gasteiger partial charge in [0.1, 0.15) is 0 Å². The summed E-state index contributed by atoms with van der Waals surface area (Å²) in [5.74, 6) is 0.469. The van der Waals surface area contributed by atoms with Crippen molar-refractivity contribution in [1.29, 1.82) is 0 Å². The van der Waals surface area contributed by atoms with Gasteiger partial charge in [-0.1, -0.05) is 0 Å². The Morgan fingerprint density at radius 2 is 2.38 bits per heavy atom. The van der Waals surface area contributed by atoms with Crippen LogP contribution in [0.2, 0.25) is 0 Å². The van der Waals surface area contributed by atoms with Gasteiger partial charge in [-0.05, 0) is 12.8 Å². The number of amides is 1. The summed E-state index contributed by atoms with van der Waals surface area (Å²) in [7, 11) is 0. The summed E-state index contributed by atoms with van der Waals surface area (Å²) < 4.78 is 12.3. The lowest BCUT2D eigenvalue weighted by atomic mass is 9.99. The van der Waals surface area contributed by atoms with Gasteiger partial charge in [-0.25, -0.2) is 0 Å². The highest BCUT2D eigenvalue weighted by molar-refractivity contribution is 6.18. The molecule has 0 saturated carbocycles. The van der Waals surface area contributed by atoms with Gasteiger partial charge in [0.2, 0.25) is 5.91 Å². The van der Waals surface area contributed by atoms with Gasteiger partial charge in [0.15, 0.2) is 0 Å². The Kier molecular flexibility index (Phi) is 4.50. The Balaban J connectivity index is 2.37. The number of piperidine rings is 1. The van der Waals surface area contributed by atoms with Crippen LogP contribution < -0.4 is 0 Å². The molecule has 0 aromatic carbocycles. The first-order valence-corrected chi connectivity index (χ1v) is 5.21. The zero-order valence-electron chi connectivity index (χ0n) is 7.64. The SMILES string of the molecule is O=C(CCCl)N1CCC[C@H](CF)C1. The van der Waals surface area contributed by atoms with Crippen molar-refractivity contribution in [3.8, 4) is 0 Å². The van der Waals surface area contributed by atoms with Gasteiger partial charge in [-0.15, -0.1) is 11.6 Å². The summed E-state index contributed by atoms with van der Waals surface area (Å²) in [5.41, 5.74) is 0. The molecule has 1 fully saturated rings. The minimum Gasteiger partial charge on any atom is -0.342 e. The average Bonchev–Trinajstić information content (AvgIpc) is 2.18. The fourth-order valence-corrected chi connectivity index (χ4v) is 1.82. The monoisotopic (exact) mass is 207 g/mol. The fraction of sp³-hybridized carbons (Fsp3) is 0.889. The van der Waals surface area contributed by atoms with Crippen molar-refractivity contribution < 1.29 is 9.18 Å². The molecule has 76 valence electrons. The summed E-state index contributed by atoms with van der Waals surface area (Å²) >= 11 is 5.46. The number of carbonyl (C=O) groups is 1. The number of halogens is 2. The molecule has 1 rings (SSSR count). The second-order valence-electron chi connectivity index (χ2n) is 3.44. The molecular weight excluding hydrogens is 193 g/mol. The second kappa shape index (κ2) is 5.43. The second-order valence-corrected chi connectivity index (χ2v) is 3.82. The van der Waals surface area contributed by atoms with Crippen molar-refractivity contribution in [3.63, 3.8) is 0 Å². The highest BCUT2D eigenvalue weighted by Crippen LogP contribution is 2.17. The third-order valence-electron chi connectivity index (χ3n) is 2.40. The van der Waals surface area contributed by atoms with Crippen molar-refractivity contribution in [2.45, 2.75) is 19.3 Å². The topological polar surface area (TPSA) is 20.3 Å². The fourth-order valence-electron chi connectivity index (χ4n) is 1.66. The molecule has 1 heterocycles. The van der Waals surface area contributed by atoms with Crippen LogP contribution >= 0.6 is 11.6 Å². The van der Waals surface area contributed by atoms with Crippen molar-refractivity contribution in [1.82, 2.24) is 4.90 Å². The maximum absolute atomic E-state index is 12.3. The molecule has 1 aliphatic heterocycles. The van der Waals surface area contributed by atoms with E-state index in [1.807, 2.05) is 0 Å². The number of hydrogen-bond donors (Lipinski definition) is 0. The van der Waals surface area contributed by atoms with E-state index in [4.69, 9.17) is 11.6 Å². The molecule has 1 atom stereocenters. The number of hydrogen-bond acceptors (Lipinski definition) is 1. The summed E-state index contributed by atoms with van der Waals surface area (Å²) in [6.45, 7) is 1.03. The zero-order chi connectivity index (χ0) is 9.68. The van der Waals surface area contributed by atoms with E-state index >= 15 is 0 Å². The molecule has 4 heteroatoms. The molecule has 0 aromatic rings. The van der Waals surface area contributed by atoms with Gasteiger partial charge in [-0.3, -0.25) is 9.18 Å². The summed E-state index contributed by atoms with van der Waals surface area (Å²) in [6, 6.07) is 0. The van der Waals surface area contributed by atoms with Crippen molar-refractivity contribution in [2.24, 2.45) is 5.92 Å². The number of nitrogens with zero attached hydrogens (tertiary/aromatic N) is 1. The Morgan fingerprint density at radius 1 is 1.62 bits per heavy atom. The van der Waals surface area contributed by atoms with E-state index in [0.29, 0.717) is 18.8 Å². The average molecular weight is 208 g/mol. The predicted octanol–water partition coefficient (Wildman–Crippen LogP) is 1.82. The lowest BCUT2D eigenvalue weighted by Gasteiger charge is -2.31. The van der Waals surface area contributed by atoms with Crippen molar-refractivity contribution >= 4 is 17.5 Å². The Labute approximate surface area is 83.0 Å². The third kappa shape index (κ3) is 3.14. The molecular formula is C9H15ClFNO. The van der Waals surface area contributed by atoms with Crippen LogP contribution in [0.3, 0.4) is 0 Å². The minimum atomic E-state index is -0.315. The first-order chi connectivity index (χ1) is 6.27. The van der Waals surface area contributed by atoms with Gasteiger partial charge in [0.05, 0.1) is 6.67 Å². The number of rotatable bonds is 3. The maximum Gasteiger partial charge on any atom is 0.223 e. The van der Waals surface area contributed by atoms with Gasteiger partial charge in [0, 0.05) is 31.3 Å². The minimum absolute atomic E-state index is 0.0491. The molecule has 0 unspecified atom stereocenters. The summed E-state index contributed by atoms with van der Waals surface area (Å²) in [6.07, 6.45) is 2.20. The standard InChI is InChI=1S/C9H15ClFNO/c10-4-3-9(13)12-5-1-2-8(6-11)7-12/h8H,1-7H2/t8-/m1/s1. The predicted molar refractivity (Wildman–Crippen MR) is 50.6 cm³/mol. The van der Waals surface area contributed by atoms with E-state index in [-0.39, 0.29) is 18.5 Å². The normalized spacial score (nSPS) is 23.2. The van der Waals surface area contributed by atoms with E-state index in [9.17, 15) is 9.18 Å². The van der Waals surface area contributed by atoms with Crippen LogP contribution in [0.15, 0.2) is 0 Å². The van der Waals surface area contributed by atoms with Crippen LogP contribution in [0.4, 0.5) is 4.39 Å². The van der Waals surface area contributed by atoms with E-state index in [1.165, 1.54) is 0 Å². The molecule has 0 aliphatic carbocycles. The van der Waals surface area contributed by atoms with Crippen LogP contribution in [0, 0.1) is 5.92 Å². The van der Waals surface area contributed by atoms with Crippen LogP contribution in [0.1, 0.15) is 19.3 Å². The van der Waals surface area contributed by atoms with Gasteiger partial charge in [-0.2, -0.15) is 0 Å². The van der Waals surface area contributed by atoms with Gasteiger partial charge < -0.3 is 4.90 Å². The molecule has 0 bridgehead atoms. The lowest BCUT2D eigenvalue weighted by Crippen LogP contribution is -2.40. The van der Waals surface area contributed by atoms with E-state index in [0.717, 1.165) is 19.4 Å². The molecule has 13 heavy (non-hydrogen) atoms. The smallest absolute Gasteiger partial charge is 0.223 e. The number of carbonyl (C=O) groups excluding carboxylic acids is 1. The lowest BCUT2D eigenvalue weighted by molar-refractivity contribution is -0.132. The highest BCUT2D eigenvalue weighted by Gasteiger charge is 2.22. The molecule has 1 saturated heterocycles. The van der Waals surface area contributed by atoms with Crippen LogP contribution in [-0.2, 0) is 4.79 Å². The molecule has 0 spiro atoms. The molecule has 2 nitrogen and oxygen atoms in total. The Hall–Kier alpha value is -0.310. The first-order valence-electron chi connectivity index (χ1n) is 4.67. The van der Waals surface area contributed by atoms with E-state index < -0.39 is 0 Å². The summed E-state index contributed by atoms with van der Waals surface area (Å²) in [4.78, 5) is 13.1. The Bertz CT molecular complexity index is 177. The quantitative estimate of drug-likeness (QED) is 0.647. The van der Waals surface area contributed by atoms with Gasteiger partial charge in [0.25, 0.3) is 0 Å². The highest BCUT2D eigenvalue weighted by atomic mass is 35.5. The zero-order valence-corrected chi connectivity index (χ0v) is 8.39. The number of alkyl halides is 2. The van der Waals surface area contributed by atoms with Crippen molar-refractivity contribution in [3.05, 3.63) is 0 Å².